The van der Waals surface area contributed by atoms with Gasteiger partial charge in [0.25, 0.3) is 0 Å². The fraction of sp³-hybridized carbons (Fsp3) is 0.0625. The number of aromatic amines is 1. The molecule has 1 aromatic heterocycles. The van der Waals surface area contributed by atoms with Gasteiger partial charge in [-0.3, -0.25) is 5.32 Å². The van der Waals surface area contributed by atoms with E-state index in [9.17, 15) is 4.79 Å². The monoisotopic (exact) mass is 263 g/mol. The number of hydrogen-bond donors (Lipinski definition) is 3. The number of aromatic nitrogens is 1. The van der Waals surface area contributed by atoms with Crippen LogP contribution in [0.4, 0.5) is 10.6 Å². The molecular weight excluding hydrogens is 250 g/mol. The van der Waals surface area contributed by atoms with Crippen LogP contribution in [0.3, 0.4) is 0 Å². The van der Waals surface area contributed by atoms with Gasteiger partial charge in [0, 0.05) is 16.5 Å². The molecule has 0 unspecified atom stereocenters. The van der Waals surface area contributed by atoms with E-state index in [1.54, 1.807) is 0 Å². The number of amides is 2. The zero-order valence-corrected chi connectivity index (χ0v) is 10.7. The van der Waals surface area contributed by atoms with Crippen molar-refractivity contribution in [3.05, 3.63) is 65.7 Å². The fourth-order valence-electron chi connectivity index (χ4n) is 2.81. The second-order valence-electron chi connectivity index (χ2n) is 4.90. The summed E-state index contributed by atoms with van der Waals surface area (Å²) >= 11 is 0. The van der Waals surface area contributed by atoms with Crippen LogP contribution in [0.15, 0.2) is 54.6 Å². The van der Waals surface area contributed by atoms with Crippen molar-refractivity contribution in [2.75, 3.05) is 5.32 Å². The molecule has 0 fully saturated rings. The second kappa shape index (κ2) is 4.13. The molecule has 1 atom stereocenters. The Labute approximate surface area is 115 Å². The third-order valence-corrected chi connectivity index (χ3v) is 3.68. The summed E-state index contributed by atoms with van der Waals surface area (Å²) in [5.41, 5.74) is 3.20. The molecule has 2 aromatic carbocycles. The minimum Gasteiger partial charge on any atom is -0.341 e. The summed E-state index contributed by atoms with van der Waals surface area (Å²) in [5.74, 6) is 0.781. The fourth-order valence-corrected chi connectivity index (χ4v) is 2.81. The van der Waals surface area contributed by atoms with Gasteiger partial charge in [0.05, 0.1) is 6.04 Å². The van der Waals surface area contributed by atoms with Gasteiger partial charge in [0.1, 0.15) is 5.82 Å². The summed E-state index contributed by atoms with van der Waals surface area (Å²) in [5, 5.41) is 6.97. The van der Waals surface area contributed by atoms with Crippen molar-refractivity contribution in [3.8, 4) is 0 Å². The van der Waals surface area contributed by atoms with Gasteiger partial charge in [0.2, 0.25) is 0 Å². The maximum Gasteiger partial charge on any atom is 0.321 e. The van der Waals surface area contributed by atoms with Crippen LogP contribution in [-0.4, -0.2) is 11.0 Å². The lowest BCUT2D eigenvalue weighted by Crippen LogP contribution is -2.37. The van der Waals surface area contributed by atoms with Crippen LogP contribution in [-0.2, 0) is 0 Å². The smallest absolute Gasteiger partial charge is 0.321 e. The molecule has 20 heavy (non-hydrogen) atoms. The number of urea groups is 1. The molecule has 2 heterocycles. The molecule has 3 aromatic rings. The molecule has 0 radical (unpaired) electrons. The summed E-state index contributed by atoms with van der Waals surface area (Å²) in [6, 6.07) is 17.8. The van der Waals surface area contributed by atoms with E-state index in [-0.39, 0.29) is 12.1 Å². The number of H-pyrrole nitrogens is 1. The normalized spacial score (nSPS) is 17.4. The second-order valence-corrected chi connectivity index (χ2v) is 4.90. The molecule has 0 saturated heterocycles. The van der Waals surface area contributed by atoms with E-state index in [1.165, 1.54) is 0 Å². The standard InChI is InChI=1S/C16H13N3O/c20-16-18-14(10-6-2-1-3-7-10)13-11-8-4-5-9-12(11)17-15(13)19-16/h1-9,14,17H,(H2,18,19,20)/t14-/m1/s1. The average molecular weight is 263 g/mol. The molecule has 2 amide bonds. The maximum absolute atomic E-state index is 11.8. The Hall–Kier alpha value is -2.75. The third kappa shape index (κ3) is 1.58. The van der Waals surface area contributed by atoms with Crippen molar-refractivity contribution >= 4 is 22.8 Å². The first-order chi connectivity index (χ1) is 9.83. The Morgan fingerprint density at radius 1 is 0.900 bits per heavy atom. The Morgan fingerprint density at radius 3 is 2.50 bits per heavy atom. The highest BCUT2D eigenvalue weighted by atomic mass is 16.2. The molecule has 0 saturated carbocycles. The summed E-state index contributed by atoms with van der Waals surface area (Å²) in [6.07, 6.45) is 0. The first-order valence-electron chi connectivity index (χ1n) is 6.56. The minimum absolute atomic E-state index is 0.129. The van der Waals surface area contributed by atoms with Gasteiger partial charge in [-0.2, -0.15) is 0 Å². The van der Waals surface area contributed by atoms with Gasteiger partial charge in [0.15, 0.2) is 0 Å². The summed E-state index contributed by atoms with van der Waals surface area (Å²) in [4.78, 5) is 15.1. The number of hydrogen-bond acceptors (Lipinski definition) is 1. The third-order valence-electron chi connectivity index (χ3n) is 3.68. The lowest BCUT2D eigenvalue weighted by Gasteiger charge is -2.25. The first-order valence-corrected chi connectivity index (χ1v) is 6.56. The van der Waals surface area contributed by atoms with Gasteiger partial charge in [-0.25, -0.2) is 4.79 Å². The van der Waals surface area contributed by atoms with Crippen LogP contribution in [0.1, 0.15) is 17.2 Å². The highest BCUT2D eigenvalue weighted by Crippen LogP contribution is 2.37. The summed E-state index contributed by atoms with van der Waals surface area (Å²) in [6.45, 7) is 0. The number of carbonyl (C=O) groups excluding carboxylic acids is 1. The van der Waals surface area contributed by atoms with Gasteiger partial charge < -0.3 is 10.3 Å². The number of benzene rings is 2. The predicted molar refractivity (Wildman–Crippen MR) is 78.7 cm³/mol. The highest BCUT2D eigenvalue weighted by molar-refractivity contribution is 6.00. The van der Waals surface area contributed by atoms with Crippen molar-refractivity contribution in [3.63, 3.8) is 0 Å². The van der Waals surface area contributed by atoms with Crippen LogP contribution in [0.5, 0.6) is 0 Å². The van der Waals surface area contributed by atoms with Crippen LogP contribution >= 0.6 is 0 Å². The van der Waals surface area contributed by atoms with Crippen LogP contribution < -0.4 is 10.6 Å². The Bertz CT molecular complexity index is 792. The van der Waals surface area contributed by atoms with Crippen molar-refractivity contribution in [1.82, 2.24) is 10.3 Å². The molecule has 4 heteroatoms. The van der Waals surface area contributed by atoms with E-state index in [2.05, 4.69) is 21.7 Å². The van der Waals surface area contributed by atoms with Crippen molar-refractivity contribution in [1.29, 1.82) is 0 Å². The first kappa shape index (κ1) is 11.1. The van der Waals surface area contributed by atoms with E-state index in [0.29, 0.717) is 0 Å². The molecule has 98 valence electrons. The minimum atomic E-state index is -0.182. The zero-order chi connectivity index (χ0) is 13.5. The molecule has 0 aliphatic carbocycles. The number of nitrogens with one attached hydrogen (secondary N) is 3. The number of para-hydroxylation sites is 1. The quantitative estimate of drug-likeness (QED) is 0.619. The number of fused-ring (bicyclic) bond motifs is 3. The lowest BCUT2D eigenvalue weighted by atomic mass is 9.96. The van der Waals surface area contributed by atoms with Crippen molar-refractivity contribution in [2.45, 2.75) is 6.04 Å². The summed E-state index contributed by atoms with van der Waals surface area (Å²) < 4.78 is 0. The molecule has 3 N–H and O–H groups in total. The maximum atomic E-state index is 11.8. The number of rotatable bonds is 1. The van der Waals surface area contributed by atoms with Crippen molar-refractivity contribution < 1.29 is 4.79 Å². The van der Waals surface area contributed by atoms with Crippen LogP contribution in [0.25, 0.3) is 10.9 Å². The Morgan fingerprint density at radius 2 is 1.65 bits per heavy atom. The molecule has 0 spiro atoms. The van der Waals surface area contributed by atoms with E-state index in [0.717, 1.165) is 27.8 Å². The molecular formula is C16H13N3O. The topological polar surface area (TPSA) is 56.9 Å². The van der Waals surface area contributed by atoms with Gasteiger partial charge in [-0.05, 0) is 11.6 Å². The number of carbonyl (C=O) groups is 1. The Balaban J connectivity index is 1.97. The average Bonchev–Trinajstić information content (AvgIpc) is 2.85. The molecule has 1 aliphatic heterocycles. The lowest BCUT2D eigenvalue weighted by molar-refractivity contribution is 0.249. The predicted octanol–water partition coefficient (Wildman–Crippen LogP) is 3.39. The van der Waals surface area contributed by atoms with Crippen molar-refractivity contribution in [2.24, 2.45) is 0 Å². The molecule has 4 rings (SSSR count). The highest BCUT2D eigenvalue weighted by Gasteiger charge is 2.28. The van der Waals surface area contributed by atoms with Gasteiger partial charge >= 0.3 is 6.03 Å². The summed E-state index contributed by atoms with van der Waals surface area (Å²) in [7, 11) is 0. The van der Waals surface area contributed by atoms with Crippen LogP contribution in [0.2, 0.25) is 0 Å². The van der Waals surface area contributed by atoms with E-state index in [1.807, 2.05) is 48.5 Å². The zero-order valence-electron chi connectivity index (χ0n) is 10.7. The number of anilines is 1. The molecule has 0 bridgehead atoms. The van der Waals surface area contributed by atoms with Crippen LogP contribution in [0, 0.1) is 0 Å². The van der Waals surface area contributed by atoms with E-state index < -0.39 is 0 Å². The molecule has 4 nitrogen and oxygen atoms in total. The van der Waals surface area contributed by atoms with E-state index in [4.69, 9.17) is 0 Å². The van der Waals surface area contributed by atoms with Gasteiger partial charge in [-0.1, -0.05) is 48.5 Å². The largest absolute Gasteiger partial charge is 0.341 e. The SMILES string of the molecule is O=C1Nc2[nH]c3ccccc3c2[C@@H](c2ccccc2)N1. The van der Waals surface area contributed by atoms with E-state index >= 15 is 0 Å². The van der Waals surface area contributed by atoms with Gasteiger partial charge in [-0.15, -0.1) is 0 Å². The molecule has 1 aliphatic rings. The Kier molecular flexibility index (Phi) is 2.29.